The van der Waals surface area contributed by atoms with Crippen LogP contribution in [0, 0.1) is 0 Å². The number of nitrogens with zero attached hydrogens (tertiary/aromatic N) is 1. The Labute approximate surface area is 114 Å². The second-order valence-corrected chi connectivity index (χ2v) is 5.20. The Morgan fingerprint density at radius 2 is 1.68 bits per heavy atom. The van der Waals surface area contributed by atoms with Crippen LogP contribution < -0.4 is 0 Å². The molecular weight excluding hydrogens is 230 g/mol. The first-order chi connectivity index (χ1) is 9.24. The zero-order valence-corrected chi connectivity index (χ0v) is 11.3. The van der Waals surface area contributed by atoms with Gasteiger partial charge >= 0.3 is 0 Å². The molecule has 2 aromatic rings. The zero-order chi connectivity index (χ0) is 13.2. The third kappa shape index (κ3) is 2.37. The second kappa shape index (κ2) is 4.85. The Morgan fingerprint density at radius 1 is 0.947 bits per heavy atom. The van der Waals surface area contributed by atoms with E-state index in [0.717, 1.165) is 5.69 Å². The molecule has 0 atom stereocenters. The van der Waals surface area contributed by atoms with Crippen LogP contribution in [0.3, 0.4) is 0 Å². The number of aliphatic imine (C=N–C) groups is 1. The fourth-order valence-electron chi connectivity index (χ4n) is 2.31. The predicted molar refractivity (Wildman–Crippen MR) is 83.0 cm³/mol. The number of fused-ring (bicyclic) bond motifs is 1. The first-order valence-corrected chi connectivity index (χ1v) is 6.69. The van der Waals surface area contributed by atoms with E-state index in [9.17, 15) is 0 Å². The molecule has 0 spiro atoms. The highest BCUT2D eigenvalue weighted by Gasteiger charge is 2.10. The minimum absolute atomic E-state index is 0.579. The van der Waals surface area contributed by atoms with Gasteiger partial charge in [0.15, 0.2) is 0 Å². The molecule has 0 fully saturated rings. The molecule has 1 heteroatoms. The minimum Gasteiger partial charge on any atom is -0.256 e. The van der Waals surface area contributed by atoms with Crippen molar-refractivity contribution in [3.63, 3.8) is 0 Å². The summed E-state index contributed by atoms with van der Waals surface area (Å²) in [5.41, 5.74) is 6.07. The van der Waals surface area contributed by atoms with Crippen molar-refractivity contribution in [3.05, 3.63) is 65.2 Å². The first-order valence-electron chi connectivity index (χ1n) is 6.69. The van der Waals surface area contributed by atoms with Gasteiger partial charge in [-0.05, 0) is 29.2 Å². The molecule has 0 radical (unpaired) electrons. The van der Waals surface area contributed by atoms with E-state index in [4.69, 9.17) is 0 Å². The molecule has 2 aromatic carbocycles. The Balaban J connectivity index is 1.93. The standard InChI is InChI=1S/C18H17N/c1-13(2)15-9-7-14(8-10-15)11-16-12-19-18-6-4-3-5-17(16)18/h3-13H,1-2H3. The Hall–Kier alpha value is -2.15. The van der Waals surface area contributed by atoms with Crippen molar-refractivity contribution in [3.8, 4) is 0 Å². The van der Waals surface area contributed by atoms with E-state index in [-0.39, 0.29) is 0 Å². The SMILES string of the molecule is CC(C)c1ccc(C=C2C=Nc3ccccc32)cc1. The van der Waals surface area contributed by atoms with Gasteiger partial charge in [-0.1, -0.05) is 56.3 Å². The van der Waals surface area contributed by atoms with Crippen molar-refractivity contribution in [2.45, 2.75) is 19.8 Å². The third-order valence-corrected chi connectivity index (χ3v) is 3.48. The van der Waals surface area contributed by atoms with Crippen molar-refractivity contribution in [1.82, 2.24) is 0 Å². The molecule has 0 unspecified atom stereocenters. The van der Waals surface area contributed by atoms with Crippen LogP contribution >= 0.6 is 0 Å². The Kier molecular flexibility index (Phi) is 3.04. The summed E-state index contributed by atoms with van der Waals surface area (Å²) >= 11 is 0. The highest BCUT2D eigenvalue weighted by atomic mass is 14.7. The van der Waals surface area contributed by atoms with E-state index in [0.29, 0.717) is 5.92 Å². The number of para-hydroxylation sites is 1. The number of benzene rings is 2. The van der Waals surface area contributed by atoms with Gasteiger partial charge in [0.25, 0.3) is 0 Å². The van der Waals surface area contributed by atoms with Crippen LogP contribution in [0.2, 0.25) is 0 Å². The van der Waals surface area contributed by atoms with Gasteiger partial charge in [-0.3, -0.25) is 4.99 Å². The van der Waals surface area contributed by atoms with Crippen molar-refractivity contribution >= 4 is 23.6 Å². The predicted octanol–water partition coefficient (Wildman–Crippen LogP) is 5.07. The molecule has 19 heavy (non-hydrogen) atoms. The summed E-state index contributed by atoms with van der Waals surface area (Å²) in [6.07, 6.45) is 4.14. The molecule has 0 saturated carbocycles. The molecule has 3 rings (SSSR count). The molecule has 1 aliphatic rings. The molecule has 1 nitrogen and oxygen atoms in total. The summed E-state index contributed by atoms with van der Waals surface area (Å²) in [6, 6.07) is 17.0. The van der Waals surface area contributed by atoms with E-state index >= 15 is 0 Å². The van der Waals surface area contributed by atoms with Crippen LogP contribution in [0.25, 0.3) is 11.6 Å². The van der Waals surface area contributed by atoms with Gasteiger partial charge in [0.1, 0.15) is 0 Å². The Bertz CT molecular complexity index is 646. The number of rotatable bonds is 2. The van der Waals surface area contributed by atoms with Gasteiger partial charge in [0, 0.05) is 17.4 Å². The van der Waals surface area contributed by atoms with Gasteiger partial charge in [0.05, 0.1) is 5.69 Å². The van der Waals surface area contributed by atoms with Crippen LogP contribution in [0.15, 0.2) is 53.5 Å². The highest BCUT2D eigenvalue weighted by molar-refractivity contribution is 6.21. The lowest BCUT2D eigenvalue weighted by atomic mass is 10.00. The molecule has 0 bridgehead atoms. The first kappa shape index (κ1) is 11.9. The largest absolute Gasteiger partial charge is 0.256 e. The molecule has 0 aromatic heterocycles. The molecule has 0 saturated heterocycles. The summed E-state index contributed by atoms with van der Waals surface area (Å²) in [5.74, 6) is 0.579. The smallest absolute Gasteiger partial charge is 0.0708 e. The quantitative estimate of drug-likeness (QED) is 0.702. The number of allylic oxidation sites excluding steroid dienone is 1. The summed E-state index contributed by atoms with van der Waals surface area (Å²) < 4.78 is 0. The maximum Gasteiger partial charge on any atom is 0.0708 e. The summed E-state index contributed by atoms with van der Waals surface area (Å²) in [6.45, 7) is 4.43. The van der Waals surface area contributed by atoms with E-state index in [1.54, 1.807) is 0 Å². The zero-order valence-electron chi connectivity index (χ0n) is 11.3. The van der Waals surface area contributed by atoms with Crippen LogP contribution in [-0.2, 0) is 0 Å². The summed E-state index contributed by atoms with van der Waals surface area (Å²) in [4.78, 5) is 4.43. The van der Waals surface area contributed by atoms with Gasteiger partial charge in [0.2, 0.25) is 0 Å². The topological polar surface area (TPSA) is 12.4 Å². The van der Waals surface area contributed by atoms with E-state index in [1.165, 1.54) is 22.3 Å². The molecule has 0 N–H and O–H groups in total. The monoisotopic (exact) mass is 247 g/mol. The normalized spacial score (nSPS) is 15.2. The maximum atomic E-state index is 4.43. The van der Waals surface area contributed by atoms with E-state index < -0.39 is 0 Å². The average molecular weight is 247 g/mol. The van der Waals surface area contributed by atoms with Gasteiger partial charge in [-0.25, -0.2) is 0 Å². The maximum absolute atomic E-state index is 4.43. The Morgan fingerprint density at radius 3 is 2.42 bits per heavy atom. The van der Waals surface area contributed by atoms with Gasteiger partial charge in [-0.2, -0.15) is 0 Å². The molecule has 1 heterocycles. The molecule has 1 aliphatic heterocycles. The van der Waals surface area contributed by atoms with Crippen LogP contribution in [0.4, 0.5) is 5.69 Å². The molecule has 94 valence electrons. The van der Waals surface area contributed by atoms with Crippen molar-refractivity contribution in [1.29, 1.82) is 0 Å². The third-order valence-electron chi connectivity index (χ3n) is 3.48. The average Bonchev–Trinajstić information content (AvgIpc) is 2.83. The number of hydrogen-bond donors (Lipinski definition) is 0. The van der Waals surface area contributed by atoms with Crippen molar-refractivity contribution in [2.75, 3.05) is 0 Å². The van der Waals surface area contributed by atoms with Crippen LogP contribution in [-0.4, -0.2) is 6.21 Å². The van der Waals surface area contributed by atoms with E-state index in [2.05, 4.69) is 67.4 Å². The summed E-state index contributed by atoms with van der Waals surface area (Å²) in [7, 11) is 0. The highest BCUT2D eigenvalue weighted by Crippen LogP contribution is 2.32. The fraction of sp³-hybridized carbons (Fsp3) is 0.167. The number of hydrogen-bond acceptors (Lipinski definition) is 1. The lowest BCUT2D eigenvalue weighted by Crippen LogP contribution is -1.86. The van der Waals surface area contributed by atoms with Gasteiger partial charge in [-0.15, -0.1) is 0 Å². The minimum atomic E-state index is 0.579. The molecule has 0 amide bonds. The van der Waals surface area contributed by atoms with Crippen molar-refractivity contribution < 1.29 is 0 Å². The lowest BCUT2D eigenvalue weighted by molar-refractivity contribution is 0.866. The molecule has 0 aliphatic carbocycles. The molecular formula is C18H17N. The lowest BCUT2D eigenvalue weighted by Gasteiger charge is -2.05. The van der Waals surface area contributed by atoms with Crippen LogP contribution in [0.5, 0.6) is 0 Å². The van der Waals surface area contributed by atoms with Crippen molar-refractivity contribution in [2.24, 2.45) is 4.99 Å². The van der Waals surface area contributed by atoms with Crippen LogP contribution in [0.1, 0.15) is 36.5 Å². The van der Waals surface area contributed by atoms with E-state index in [1.807, 2.05) is 12.3 Å². The second-order valence-electron chi connectivity index (χ2n) is 5.20. The summed E-state index contributed by atoms with van der Waals surface area (Å²) in [5, 5.41) is 0. The van der Waals surface area contributed by atoms with Gasteiger partial charge < -0.3 is 0 Å². The fourth-order valence-corrected chi connectivity index (χ4v) is 2.31.